The molecule has 2 heterocycles. The summed E-state index contributed by atoms with van der Waals surface area (Å²) >= 11 is 0. The van der Waals surface area contributed by atoms with E-state index in [0.717, 1.165) is 5.56 Å². The Kier molecular flexibility index (Phi) is 2.95. The minimum atomic E-state index is -2.01. The number of fused-ring (bicyclic) bond motifs is 1. The number of hydrogen-bond acceptors (Lipinski definition) is 3. The molecule has 2 aliphatic heterocycles. The topological polar surface area (TPSA) is 49.9 Å². The van der Waals surface area contributed by atoms with Gasteiger partial charge in [-0.1, -0.05) is 50.0 Å². The van der Waals surface area contributed by atoms with E-state index < -0.39 is 20.5 Å². The number of urea groups is 1. The van der Waals surface area contributed by atoms with Gasteiger partial charge in [0.05, 0.1) is 6.61 Å². The first-order valence-electron chi connectivity index (χ1n) is 6.74. The zero-order valence-corrected chi connectivity index (χ0v) is 12.9. The Balaban J connectivity index is 1.95. The average molecular weight is 290 g/mol. The Morgan fingerprint density at radius 2 is 1.80 bits per heavy atom. The highest BCUT2D eigenvalue weighted by Crippen LogP contribution is 2.37. The van der Waals surface area contributed by atoms with Crippen LogP contribution in [0.3, 0.4) is 0 Å². The molecule has 0 saturated carbocycles. The summed E-state index contributed by atoms with van der Waals surface area (Å²) in [6.45, 7) is 6.29. The van der Waals surface area contributed by atoms with Crippen LogP contribution in [0.25, 0.3) is 0 Å². The highest BCUT2D eigenvalue weighted by molar-refractivity contribution is 6.78. The quantitative estimate of drug-likeness (QED) is 0.619. The molecule has 0 radical (unpaired) electrons. The summed E-state index contributed by atoms with van der Waals surface area (Å²) in [6, 6.07) is 8.91. The summed E-state index contributed by atoms with van der Waals surface area (Å²) in [4.78, 5) is 26.6. The van der Waals surface area contributed by atoms with E-state index in [4.69, 9.17) is 4.74 Å². The summed E-state index contributed by atoms with van der Waals surface area (Å²) in [6.07, 6.45) is -0.445. The van der Waals surface area contributed by atoms with Gasteiger partial charge in [-0.05, 0) is 0 Å². The van der Waals surface area contributed by atoms with Gasteiger partial charge in [-0.3, -0.25) is 14.3 Å². The van der Waals surface area contributed by atoms with Gasteiger partial charge in [0.15, 0.2) is 14.5 Å². The van der Waals surface area contributed by atoms with Gasteiger partial charge in [0.2, 0.25) is 5.91 Å². The van der Waals surface area contributed by atoms with Crippen LogP contribution in [0.2, 0.25) is 19.6 Å². The predicted octanol–water partition coefficient (Wildman–Crippen LogP) is 2.18. The number of ether oxygens (including phenoxy) is 1. The maximum Gasteiger partial charge on any atom is 0.321 e. The molecule has 1 aromatic rings. The molecule has 2 atom stereocenters. The van der Waals surface area contributed by atoms with Gasteiger partial charge < -0.3 is 4.74 Å². The van der Waals surface area contributed by atoms with E-state index >= 15 is 0 Å². The second-order valence-electron chi connectivity index (χ2n) is 6.15. The van der Waals surface area contributed by atoms with Crippen LogP contribution in [0.15, 0.2) is 30.3 Å². The van der Waals surface area contributed by atoms with Crippen molar-refractivity contribution >= 4 is 20.2 Å². The first kappa shape index (κ1) is 13.3. The average Bonchev–Trinajstić information content (AvgIpc) is 2.91. The molecule has 5 nitrogen and oxygen atoms in total. The fraction of sp³-hybridized carbons (Fsp3) is 0.429. The molecule has 2 aliphatic rings. The Hall–Kier alpha value is -1.66. The summed E-state index contributed by atoms with van der Waals surface area (Å²) in [5.41, 5.74) is 0.911. The third-order valence-corrected chi connectivity index (χ3v) is 5.43. The summed E-state index contributed by atoms with van der Waals surface area (Å²) < 4.78 is 7.16. The predicted molar refractivity (Wildman–Crippen MR) is 76.4 cm³/mol. The Morgan fingerprint density at radius 1 is 1.15 bits per heavy atom. The van der Waals surface area contributed by atoms with Crippen LogP contribution in [0.1, 0.15) is 11.8 Å². The van der Waals surface area contributed by atoms with Gasteiger partial charge in [0.1, 0.15) is 6.04 Å². The minimum absolute atomic E-state index is 0.104. The first-order valence-corrected chi connectivity index (χ1v) is 10.2. The van der Waals surface area contributed by atoms with E-state index in [1.807, 2.05) is 50.0 Å². The second-order valence-corrected chi connectivity index (χ2v) is 10.9. The number of imide groups is 1. The van der Waals surface area contributed by atoms with Crippen molar-refractivity contribution < 1.29 is 14.3 Å². The number of carbonyl (C=O) groups is 2. The van der Waals surface area contributed by atoms with Crippen LogP contribution in [0.5, 0.6) is 0 Å². The fourth-order valence-corrected chi connectivity index (χ4v) is 4.28. The lowest BCUT2D eigenvalue weighted by atomic mass is 10.2. The van der Waals surface area contributed by atoms with Crippen molar-refractivity contribution in [3.05, 3.63) is 35.9 Å². The maximum absolute atomic E-state index is 12.6. The molecule has 1 aromatic carbocycles. The van der Waals surface area contributed by atoms with Crippen molar-refractivity contribution in [2.45, 2.75) is 31.9 Å². The van der Waals surface area contributed by atoms with Crippen molar-refractivity contribution in [3.63, 3.8) is 0 Å². The van der Waals surface area contributed by atoms with Crippen molar-refractivity contribution in [3.8, 4) is 0 Å². The Labute approximate surface area is 119 Å². The van der Waals surface area contributed by atoms with Gasteiger partial charge >= 0.3 is 6.03 Å². The van der Waals surface area contributed by atoms with Crippen molar-refractivity contribution in [2.75, 3.05) is 6.61 Å². The van der Waals surface area contributed by atoms with Crippen LogP contribution in [0.4, 0.5) is 4.79 Å². The van der Waals surface area contributed by atoms with Gasteiger partial charge in [-0.2, -0.15) is 0 Å². The third kappa shape index (κ3) is 1.87. The molecule has 2 fully saturated rings. The molecule has 3 rings (SSSR count). The highest BCUT2D eigenvalue weighted by atomic mass is 28.3. The molecule has 0 spiro atoms. The molecule has 0 aromatic heterocycles. The molecule has 6 heteroatoms. The van der Waals surface area contributed by atoms with E-state index in [9.17, 15) is 9.59 Å². The third-order valence-electron chi connectivity index (χ3n) is 3.67. The summed E-state index contributed by atoms with van der Waals surface area (Å²) in [7, 11) is -2.01. The zero-order chi connectivity index (χ0) is 14.5. The molecule has 0 aliphatic carbocycles. The molecule has 106 valence electrons. The molecule has 2 saturated heterocycles. The van der Waals surface area contributed by atoms with E-state index in [-0.39, 0.29) is 18.5 Å². The van der Waals surface area contributed by atoms with Crippen LogP contribution in [-0.4, -0.2) is 42.3 Å². The number of benzene rings is 1. The van der Waals surface area contributed by atoms with Crippen LogP contribution >= 0.6 is 0 Å². The molecular weight excluding hydrogens is 272 g/mol. The second kappa shape index (κ2) is 4.42. The molecule has 3 amide bonds. The zero-order valence-electron chi connectivity index (χ0n) is 11.9. The van der Waals surface area contributed by atoms with E-state index in [2.05, 4.69) is 0 Å². The standard InChI is InChI=1S/C14H18N2O3Si/c1-20(2,3)16-12(17)11-9-19-13(15(11)14(16)18)10-7-5-4-6-8-10/h4-8,11,13H,9H2,1-3H3/t11-,13?/m1/s1. The van der Waals surface area contributed by atoms with Crippen LogP contribution < -0.4 is 0 Å². The van der Waals surface area contributed by atoms with Gasteiger partial charge in [0.25, 0.3) is 0 Å². The van der Waals surface area contributed by atoms with Crippen molar-refractivity contribution in [1.29, 1.82) is 0 Å². The summed E-state index contributed by atoms with van der Waals surface area (Å²) in [5.74, 6) is -0.104. The van der Waals surface area contributed by atoms with Crippen LogP contribution in [0, 0.1) is 0 Å². The van der Waals surface area contributed by atoms with Gasteiger partial charge in [-0.15, -0.1) is 0 Å². The molecule has 1 unspecified atom stereocenters. The highest BCUT2D eigenvalue weighted by Gasteiger charge is 2.55. The Bertz CT molecular complexity index is 555. The molecule has 20 heavy (non-hydrogen) atoms. The normalized spacial score (nSPS) is 26.4. The lowest BCUT2D eigenvalue weighted by Crippen LogP contribution is -2.51. The summed E-state index contributed by atoms with van der Waals surface area (Å²) in [5, 5.41) is 0. The smallest absolute Gasteiger partial charge is 0.321 e. The fourth-order valence-electron chi connectivity index (χ4n) is 2.78. The molecule has 0 N–H and O–H groups in total. The SMILES string of the molecule is C[Si](C)(C)N1C(=O)[C@H]2COC(c3ccccc3)N2C1=O. The lowest BCUT2D eigenvalue weighted by molar-refractivity contribution is -0.125. The number of amides is 3. The van der Waals surface area contributed by atoms with Gasteiger partial charge in [0, 0.05) is 5.56 Å². The largest absolute Gasteiger partial charge is 0.351 e. The van der Waals surface area contributed by atoms with E-state index in [1.54, 1.807) is 4.90 Å². The number of carbonyl (C=O) groups excluding carboxylic acids is 2. The first-order chi connectivity index (χ1) is 9.41. The number of nitrogens with zero attached hydrogens (tertiary/aromatic N) is 2. The van der Waals surface area contributed by atoms with Gasteiger partial charge in [-0.25, -0.2) is 4.79 Å². The van der Waals surface area contributed by atoms with E-state index in [1.165, 1.54) is 4.57 Å². The Morgan fingerprint density at radius 3 is 2.40 bits per heavy atom. The number of hydrogen-bond donors (Lipinski definition) is 0. The molecule has 0 bridgehead atoms. The van der Waals surface area contributed by atoms with Crippen molar-refractivity contribution in [2.24, 2.45) is 0 Å². The maximum atomic E-state index is 12.6. The van der Waals surface area contributed by atoms with Crippen LogP contribution in [-0.2, 0) is 9.53 Å². The monoisotopic (exact) mass is 290 g/mol. The lowest BCUT2D eigenvalue weighted by Gasteiger charge is -2.29. The minimum Gasteiger partial charge on any atom is -0.351 e. The van der Waals surface area contributed by atoms with Crippen molar-refractivity contribution in [1.82, 2.24) is 9.47 Å². The van der Waals surface area contributed by atoms with E-state index in [0.29, 0.717) is 0 Å². The molecular formula is C14H18N2O3Si. The number of rotatable bonds is 2.